The highest BCUT2D eigenvalue weighted by Gasteiger charge is 2.05. The van der Waals surface area contributed by atoms with E-state index in [9.17, 15) is 0 Å². The van der Waals surface area contributed by atoms with Gasteiger partial charge in [-0.1, -0.05) is 27.5 Å². The molecule has 62 valence electrons. The van der Waals surface area contributed by atoms with Crippen LogP contribution in [-0.2, 0) is 5.33 Å². The highest BCUT2D eigenvalue weighted by atomic mass is 127. The number of nitrogens with zero attached hydrogens (tertiary/aromatic N) is 1. The zero-order valence-electron chi connectivity index (χ0n) is 5.94. The Bertz CT molecular complexity index is 322. The number of halogens is 3. The van der Waals surface area contributed by atoms with E-state index in [2.05, 4.69) is 44.6 Å². The second-order valence-corrected chi connectivity index (χ2v) is 4.31. The van der Waals surface area contributed by atoms with Gasteiger partial charge < -0.3 is 0 Å². The van der Waals surface area contributed by atoms with E-state index >= 15 is 0 Å². The van der Waals surface area contributed by atoms with Gasteiger partial charge in [0.2, 0.25) is 0 Å². The molecule has 0 N–H and O–H groups in total. The summed E-state index contributed by atoms with van der Waals surface area (Å²) in [5.74, 6) is 0. The van der Waals surface area contributed by atoms with Gasteiger partial charge in [0.1, 0.15) is 6.07 Å². The number of rotatable bonds is 1. The lowest BCUT2D eigenvalue weighted by atomic mass is 10.2. The van der Waals surface area contributed by atoms with Crippen LogP contribution in [0.5, 0.6) is 0 Å². The maximum Gasteiger partial charge on any atom is 0.102 e. The smallest absolute Gasteiger partial charge is 0.102 e. The van der Waals surface area contributed by atoms with E-state index in [1.807, 2.05) is 6.07 Å². The normalized spacial score (nSPS) is 9.50. The Morgan fingerprint density at radius 2 is 2.25 bits per heavy atom. The molecule has 1 rings (SSSR count). The first-order valence-electron chi connectivity index (χ1n) is 3.13. The molecular formula is C8H4BrClIN. The molecule has 1 aromatic rings. The molecule has 4 heteroatoms. The molecule has 0 bridgehead atoms. The third-order valence-corrected chi connectivity index (χ3v) is 3.16. The predicted molar refractivity (Wildman–Crippen MR) is 61.5 cm³/mol. The van der Waals surface area contributed by atoms with E-state index in [0.29, 0.717) is 10.6 Å². The first-order valence-corrected chi connectivity index (χ1v) is 5.71. The second-order valence-electron chi connectivity index (χ2n) is 2.18. The van der Waals surface area contributed by atoms with Gasteiger partial charge in [0.25, 0.3) is 0 Å². The van der Waals surface area contributed by atoms with E-state index < -0.39 is 0 Å². The van der Waals surface area contributed by atoms with Gasteiger partial charge >= 0.3 is 0 Å². The Balaban J connectivity index is 3.30. The summed E-state index contributed by atoms with van der Waals surface area (Å²) in [7, 11) is 0. The summed E-state index contributed by atoms with van der Waals surface area (Å²) in [4.78, 5) is 0. The number of benzene rings is 1. The maximum absolute atomic E-state index is 8.71. The van der Waals surface area contributed by atoms with Crippen molar-refractivity contribution in [2.24, 2.45) is 0 Å². The molecule has 1 nitrogen and oxygen atoms in total. The van der Waals surface area contributed by atoms with Crippen LogP contribution in [0, 0.1) is 14.9 Å². The minimum Gasteiger partial charge on any atom is -0.192 e. The first-order chi connectivity index (χ1) is 5.69. The maximum atomic E-state index is 8.71. The molecule has 1 aromatic carbocycles. The van der Waals surface area contributed by atoms with Crippen molar-refractivity contribution in [1.82, 2.24) is 0 Å². The standard InChI is InChI=1S/C8H4BrClIN/c9-3-5-1-7(10)6(4-12)8(11)2-5/h1-2H,3H2. The lowest BCUT2D eigenvalue weighted by Crippen LogP contribution is -1.87. The van der Waals surface area contributed by atoms with Crippen LogP contribution in [0.1, 0.15) is 11.1 Å². The molecular weight excluding hydrogens is 352 g/mol. The average Bonchev–Trinajstić information content (AvgIpc) is 2.03. The van der Waals surface area contributed by atoms with Crippen molar-refractivity contribution < 1.29 is 0 Å². The number of nitriles is 1. The van der Waals surface area contributed by atoms with Crippen molar-refractivity contribution >= 4 is 50.1 Å². The van der Waals surface area contributed by atoms with Gasteiger partial charge in [0.15, 0.2) is 0 Å². The zero-order valence-corrected chi connectivity index (χ0v) is 10.4. The van der Waals surface area contributed by atoms with Crippen LogP contribution in [0.2, 0.25) is 5.02 Å². The van der Waals surface area contributed by atoms with Gasteiger partial charge in [-0.3, -0.25) is 0 Å². The van der Waals surface area contributed by atoms with Crippen molar-refractivity contribution in [2.75, 3.05) is 0 Å². The highest BCUT2D eigenvalue weighted by Crippen LogP contribution is 2.24. The molecule has 0 fully saturated rings. The van der Waals surface area contributed by atoms with Crippen LogP contribution in [0.25, 0.3) is 0 Å². The van der Waals surface area contributed by atoms with Crippen molar-refractivity contribution in [3.63, 3.8) is 0 Å². The van der Waals surface area contributed by atoms with E-state index in [0.717, 1.165) is 14.5 Å². The fourth-order valence-electron chi connectivity index (χ4n) is 0.810. The van der Waals surface area contributed by atoms with Crippen LogP contribution in [0.15, 0.2) is 12.1 Å². The van der Waals surface area contributed by atoms with Gasteiger partial charge in [-0.25, -0.2) is 0 Å². The third-order valence-electron chi connectivity index (χ3n) is 1.37. The van der Waals surface area contributed by atoms with Gasteiger partial charge in [0.05, 0.1) is 10.6 Å². The molecule has 0 radical (unpaired) electrons. The molecule has 0 saturated carbocycles. The fraction of sp³-hybridized carbons (Fsp3) is 0.125. The summed E-state index contributed by atoms with van der Waals surface area (Å²) in [5.41, 5.74) is 1.64. The first kappa shape index (κ1) is 10.3. The number of alkyl halides is 1. The summed E-state index contributed by atoms with van der Waals surface area (Å²) in [6.07, 6.45) is 0. The Morgan fingerprint density at radius 1 is 1.58 bits per heavy atom. The van der Waals surface area contributed by atoms with Crippen LogP contribution < -0.4 is 0 Å². The van der Waals surface area contributed by atoms with E-state index in [4.69, 9.17) is 16.9 Å². The summed E-state index contributed by atoms with van der Waals surface area (Å²) in [5, 5.41) is 10.00. The minimum absolute atomic E-state index is 0.527. The highest BCUT2D eigenvalue weighted by molar-refractivity contribution is 14.1. The topological polar surface area (TPSA) is 23.8 Å². The van der Waals surface area contributed by atoms with Gasteiger partial charge in [-0.15, -0.1) is 0 Å². The Morgan fingerprint density at radius 3 is 2.67 bits per heavy atom. The lowest BCUT2D eigenvalue weighted by molar-refractivity contribution is 1.38. The zero-order chi connectivity index (χ0) is 9.14. The van der Waals surface area contributed by atoms with Gasteiger partial charge in [0, 0.05) is 8.90 Å². The molecule has 0 aliphatic rings. The van der Waals surface area contributed by atoms with Gasteiger partial charge in [-0.05, 0) is 40.3 Å². The monoisotopic (exact) mass is 355 g/mol. The van der Waals surface area contributed by atoms with E-state index in [1.54, 1.807) is 6.07 Å². The molecule has 12 heavy (non-hydrogen) atoms. The molecule has 0 saturated heterocycles. The Kier molecular flexibility index (Phi) is 3.81. The van der Waals surface area contributed by atoms with Crippen LogP contribution in [-0.4, -0.2) is 0 Å². The van der Waals surface area contributed by atoms with Crippen molar-refractivity contribution in [3.8, 4) is 6.07 Å². The molecule has 0 unspecified atom stereocenters. The SMILES string of the molecule is N#Cc1c(Cl)cc(CBr)cc1I. The summed E-state index contributed by atoms with van der Waals surface area (Å²) < 4.78 is 0.900. The van der Waals surface area contributed by atoms with Crippen LogP contribution >= 0.6 is 50.1 Å². The average molecular weight is 356 g/mol. The summed E-state index contributed by atoms with van der Waals surface area (Å²) in [6.45, 7) is 0. The lowest BCUT2D eigenvalue weighted by Gasteiger charge is -2.01. The number of hydrogen-bond donors (Lipinski definition) is 0. The molecule has 0 heterocycles. The second kappa shape index (κ2) is 4.45. The molecule has 0 aliphatic heterocycles. The quantitative estimate of drug-likeness (QED) is 0.556. The molecule has 0 spiro atoms. The Labute approximate surface area is 98.0 Å². The number of hydrogen-bond acceptors (Lipinski definition) is 1. The molecule has 0 aliphatic carbocycles. The van der Waals surface area contributed by atoms with Gasteiger partial charge in [-0.2, -0.15) is 5.26 Å². The minimum atomic E-state index is 0.527. The Hall–Kier alpha value is 0.210. The fourth-order valence-corrected chi connectivity index (χ4v) is 2.39. The summed E-state index contributed by atoms with van der Waals surface area (Å²) >= 11 is 11.3. The van der Waals surface area contributed by atoms with Crippen LogP contribution in [0.3, 0.4) is 0 Å². The van der Waals surface area contributed by atoms with Crippen molar-refractivity contribution in [3.05, 3.63) is 31.9 Å². The van der Waals surface area contributed by atoms with E-state index in [1.165, 1.54) is 0 Å². The molecule has 0 aromatic heterocycles. The largest absolute Gasteiger partial charge is 0.192 e. The third kappa shape index (κ3) is 2.12. The molecule has 0 amide bonds. The van der Waals surface area contributed by atoms with Crippen molar-refractivity contribution in [1.29, 1.82) is 5.26 Å². The van der Waals surface area contributed by atoms with E-state index in [-0.39, 0.29) is 0 Å². The molecule has 0 atom stereocenters. The predicted octanol–water partition coefficient (Wildman–Crippen LogP) is 3.71. The van der Waals surface area contributed by atoms with Crippen LogP contribution in [0.4, 0.5) is 0 Å². The summed E-state index contributed by atoms with van der Waals surface area (Å²) in [6, 6.07) is 5.81. The van der Waals surface area contributed by atoms with Crippen molar-refractivity contribution in [2.45, 2.75) is 5.33 Å².